The molecule has 0 aromatic carbocycles. The largest absolute Gasteiger partial charge is 0.363 e. The standard InChI is InChI=1S/C18H30N2O.2C2H4.C2H2/c1-3-4-5-6-7-8-10-15(2)20-14-9-11-17(20)18(21)19-16-12-13-16;3*1-2/h3,16-17H,1-2,4-14H2,(H,19,21);2*1-2H2;1-2H/t17-;;;/m0.../s1. The zero-order valence-electron chi connectivity index (χ0n) is 17.3. The predicted molar refractivity (Wildman–Crippen MR) is 120 cm³/mol. The van der Waals surface area contributed by atoms with Crippen molar-refractivity contribution in [3.05, 3.63) is 51.2 Å². The Bertz CT molecular complexity index is 435. The van der Waals surface area contributed by atoms with Crippen LogP contribution in [0.15, 0.2) is 51.2 Å². The van der Waals surface area contributed by atoms with Crippen molar-refractivity contribution in [1.82, 2.24) is 10.2 Å². The fraction of sp³-hybridized carbons (Fsp3) is 0.542. The van der Waals surface area contributed by atoms with E-state index in [9.17, 15) is 4.79 Å². The van der Waals surface area contributed by atoms with Gasteiger partial charge in [-0.25, -0.2) is 0 Å². The van der Waals surface area contributed by atoms with Gasteiger partial charge in [0.1, 0.15) is 6.04 Å². The highest BCUT2D eigenvalue weighted by Crippen LogP contribution is 2.26. The van der Waals surface area contributed by atoms with Crippen molar-refractivity contribution < 1.29 is 4.79 Å². The molecular weight excluding hydrogens is 332 g/mol. The number of carbonyl (C=O) groups is 1. The van der Waals surface area contributed by atoms with Crippen LogP contribution in [0, 0.1) is 12.8 Å². The third-order valence-electron chi connectivity index (χ3n) is 4.51. The summed E-state index contributed by atoms with van der Waals surface area (Å²) in [7, 11) is 0. The Kier molecular flexibility index (Phi) is 18.6. The van der Waals surface area contributed by atoms with E-state index in [0.717, 1.165) is 50.8 Å². The highest BCUT2D eigenvalue weighted by molar-refractivity contribution is 5.82. The number of hydrogen-bond acceptors (Lipinski definition) is 2. The van der Waals surface area contributed by atoms with Crippen LogP contribution < -0.4 is 5.32 Å². The maximum Gasteiger partial charge on any atom is 0.242 e. The molecule has 1 N–H and O–H groups in total. The van der Waals surface area contributed by atoms with Gasteiger partial charge in [-0.15, -0.1) is 45.7 Å². The van der Waals surface area contributed by atoms with E-state index in [-0.39, 0.29) is 11.9 Å². The van der Waals surface area contributed by atoms with Crippen LogP contribution in [0.4, 0.5) is 0 Å². The summed E-state index contributed by atoms with van der Waals surface area (Å²) in [6.45, 7) is 21.0. The van der Waals surface area contributed by atoms with E-state index in [1.807, 2.05) is 6.08 Å². The summed E-state index contributed by atoms with van der Waals surface area (Å²) in [6.07, 6.45) is 21.5. The molecule has 1 aliphatic carbocycles. The first-order valence-electron chi connectivity index (χ1n) is 9.91. The van der Waals surface area contributed by atoms with E-state index >= 15 is 0 Å². The van der Waals surface area contributed by atoms with Crippen LogP contribution in [0.25, 0.3) is 0 Å². The van der Waals surface area contributed by atoms with Gasteiger partial charge in [-0.3, -0.25) is 4.79 Å². The highest BCUT2D eigenvalue weighted by atomic mass is 16.2. The molecule has 27 heavy (non-hydrogen) atoms. The molecule has 1 atom stereocenters. The molecule has 1 saturated heterocycles. The van der Waals surface area contributed by atoms with Crippen molar-refractivity contribution in [1.29, 1.82) is 0 Å². The maximum absolute atomic E-state index is 12.3. The highest BCUT2D eigenvalue weighted by Gasteiger charge is 2.34. The molecule has 2 fully saturated rings. The predicted octanol–water partition coefficient (Wildman–Crippen LogP) is 5.62. The number of nitrogens with zero attached hydrogens (tertiary/aromatic N) is 1. The Hall–Kier alpha value is -2.21. The number of carbonyl (C=O) groups excluding carboxylic acids is 1. The van der Waals surface area contributed by atoms with Crippen LogP contribution in [0.1, 0.15) is 64.2 Å². The van der Waals surface area contributed by atoms with Gasteiger partial charge < -0.3 is 10.2 Å². The second-order valence-electron chi connectivity index (χ2n) is 6.44. The summed E-state index contributed by atoms with van der Waals surface area (Å²) in [5, 5.41) is 3.14. The molecule has 0 radical (unpaired) electrons. The van der Waals surface area contributed by atoms with Gasteiger partial charge >= 0.3 is 0 Å². The Morgan fingerprint density at radius 3 is 2.19 bits per heavy atom. The topological polar surface area (TPSA) is 32.3 Å². The molecule has 0 aromatic heterocycles. The molecule has 1 amide bonds. The van der Waals surface area contributed by atoms with Crippen molar-refractivity contribution in [3.8, 4) is 12.8 Å². The van der Waals surface area contributed by atoms with Crippen molar-refractivity contribution in [3.63, 3.8) is 0 Å². The number of likely N-dealkylation sites (tertiary alicyclic amines) is 1. The lowest BCUT2D eigenvalue weighted by Gasteiger charge is -2.28. The number of unbranched alkanes of at least 4 members (excludes halogenated alkanes) is 4. The van der Waals surface area contributed by atoms with Crippen molar-refractivity contribution in [2.75, 3.05) is 6.54 Å². The van der Waals surface area contributed by atoms with Gasteiger partial charge in [0.05, 0.1) is 0 Å². The summed E-state index contributed by atoms with van der Waals surface area (Å²) >= 11 is 0. The Labute approximate surface area is 168 Å². The van der Waals surface area contributed by atoms with Gasteiger partial charge in [0.25, 0.3) is 0 Å². The molecule has 0 spiro atoms. The lowest BCUT2D eigenvalue weighted by Crippen LogP contribution is -2.43. The Morgan fingerprint density at radius 1 is 1.04 bits per heavy atom. The van der Waals surface area contributed by atoms with Crippen molar-refractivity contribution in [2.45, 2.75) is 76.3 Å². The first kappa shape index (κ1) is 27.0. The van der Waals surface area contributed by atoms with Crippen LogP contribution in [0.5, 0.6) is 0 Å². The summed E-state index contributed by atoms with van der Waals surface area (Å²) in [5.41, 5.74) is 1.16. The molecule has 1 heterocycles. The first-order chi connectivity index (χ1) is 13.2. The minimum absolute atomic E-state index is 0.0406. The molecule has 3 heteroatoms. The molecule has 152 valence electrons. The average molecular weight is 373 g/mol. The smallest absolute Gasteiger partial charge is 0.242 e. The van der Waals surface area contributed by atoms with Crippen LogP contribution in [0.3, 0.4) is 0 Å². The van der Waals surface area contributed by atoms with E-state index < -0.39 is 0 Å². The normalized spacial score (nSPS) is 17.0. The summed E-state index contributed by atoms with van der Waals surface area (Å²) < 4.78 is 0. The Balaban J connectivity index is 0. The van der Waals surface area contributed by atoms with Crippen molar-refractivity contribution in [2.24, 2.45) is 0 Å². The van der Waals surface area contributed by atoms with Gasteiger partial charge in [-0.05, 0) is 51.4 Å². The molecule has 2 rings (SSSR count). The molecular formula is C24H40N2O. The van der Waals surface area contributed by atoms with Crippen molar-refractivity contribution >= 4 is 5.91 Å². The number of rotatable bonds is 10. The number of amides is 1. The third-order valence-corrected chi connectivity index (χ3v) is 4.51. The third kappa shape index (κ3) is 11.9. The summed E-state index contributed by atoms with van der Waals surface area (Å²) in [4.78, 5) is 14.5. The minimum Gasteiger partial charge on any atom is -0.363 e. The fourth-order valence-electron chi connectivity index (χ4n) is 3.06. The molecule has 1 aliphatic heterocycles. The monoisotopic (exact) mass is 372 g/mol. The van der Waals surface area contributed by atoms with Gasteiger partial charge in [0.2, 0.25) is 5.91 Å². The quantitative estimate of drug-likeness (QED) is 0.306. The zero-order valence-corrected chi connectivity index (χ0v) is 17.3. The lowest BCUT2D eigenvalue weighted by atomic mass is 10.1. The fourth-order valence-corrected chi connectivity index (χ4v) is 3.06. The number of allylic oxidation sites excluding steroid dienone is 2. The van der Waals surface area contributed by atoms with Gasteiger partial charge in [0, 0.05) is 18.3 Å². The van der Waals surface area contributed by atoms with Crippen LogP contribution >= 0.6 is 0 Å². The summed E-state index contributed by atoms with van der Waals surface area (Å²) in [5.74, 6) is 0.224. The second kappa shape index (κ2) is 18.6. The Morgan fingerprint density at radius 2 is 1.63 bits per heavy atom. The van der Waals surface area contributed by atoms with Crippen LogP contribution in [0.2, 0.25) is 0 Å². The average Bonchev–Trinajstić information content (AvgIpc) is 3.40. The minimum atomic E-state index is 0.0406. The molecule has 1 saturated carbocycles. The molecule has 0 aromatic rings. The van der Waals surface area contributed by atoms with E-state index in [1.165, 1.54) is 25.7 Å². The molecule has 3 nitrogen and oxygen atoms in total. The van der Waals surface area contributed by atoms with E-state index in [4.69, 9.17) is 0 Å². The lowest BCUT2D eigenvalue weighted by molar-refractivity contribution is -0.125. The number of nitrogens with one attached hydrogen (secondary N) is 1. The molecule has 2 aliphatic rings. The number of terminal acetylenes is 1. The molecule has 0 unspecified atom stereocenters. The van der Waals surface area contributed by atoms with Gasteiger partial charge in [0.15, 0.2) is 0 Å². The SMILES string of the molecule is C#C.C=C.C=C.C=CCCCCCCC(=C)N1CCC[C@H]1C(=O)NC1CC1. The van der Waals surface area contributed by atoms with Crippen LogP contribution in [-0.2, 0) is 4.79 Å². The van der Waals surface area contributed by atoms with Gasteiger partial charge in [-0.2, -0.15) is 0 Å². The first-order valence-corrected chi connectivity index (χ1v) is 9.91. The van der Waals surface area contributed by atoms with E-state index in [2.05, 4.69) is 62.5 Å². The zero-order chi connectivity index (χ0) is 21.1. The van der Waals surface area contributed by atoms with Crippen LogP contribution in [-0.4, -0.2) is 29.4 Å². The second-order valence-corrected chi connectivity index (χ2v) is 6.44. The maximum atomic E-state index is 12.3. The van der Waals surface area contributed by atoms with Gasteiger partial charge in [-0.1, -0.05) is 25.5 Å². The molecule has 0 bridgehead atoms. The summed E-state index contributed by atoms with van der Waals surface area (Å²) in [6, 6.07) is 0.497. The van der Waals surface area contributed by atoms with E-state index in [0.29, 0.717) is 6.04 Å². The van der Waals surface area contributed by atoms with E-state index in [1.54, 1.807) is 0 Å². The number of hydrogen-bond donors (Lipinski definition) is 1.